The van der Waals surface area contributed by atoms with Crippen molar-refractivity contribution in [3.63, 3.8) is 0 Å². The Hall–Kier alpha value is -1.84. The lowest BCUT2D eigenvalue weighted by Crippen LogP contribution is -2.39. The van der Waals surface area contributed by atoms with Gasteiger partial charge in [-0.15, -0.1) is 0 Å². The number of rotatable bonds is 5. The number of carboxylic acids is 1. The molecular weight excluding hydrogens is 266 g/mol. The maximum atomic E-state index is 12.1. The van der Waals surface area contributed by atoms with Gasteiger partial charge in [-0.25, -0.2) is 0 Å². The van der Waals surface area contributed by atoms with Gasteiger partial charge in [-0.3, -0.25) is 9.59 Å². The lowest BCUT2D eigenvalue weighted by atomic mass is 9.71. The first kappa shape index (κ1) is 15.5. The van der Waals surface area contributed by atoms with Crippen molar-refractivity contribution < 1.29 is 14.7 Å². The molecule has 1 aromatic carbocycles. The molecule has 2 rings (SSSR count). The molecule has 0 saturated heterocycles. The largest absolute Gasteiger partial charge is 0.481 e. The number of hydrogen-bond donors (Lipinski definition) is 2. The summed E-state index contributed by atoms with van der Waals surface area (Å²) in [5.41, 5.74) is 0.556. The van der Waals surface area contributed by atoms with Gasteiger partial charge in [-0.2, -0.15) is 0 Å². The van der Waals surface area contributed by atoms with E-state index in [2.05, 4.69) is 5.32 Å². The molecule has 4 nitrogen and oxygen atoms in total. The van der Waals surface area contributed by atoms with E-state index < -0.39 is 11.4 Å². The van der Waals surface area contributed by atoms with E-state index in [-0.39, 0.29) is 11.8 Å². The van der Waals surface area contributed by atoms with E-state index in [1.54, 1.807) is 6.92 Å². The fourth-order valence-corrected chi connectivity index (χ4v) is 2.85. The fourth-order valence-electron chi connectivity index (χ4n) is 2.85. The monoisotopic (exact) mass is 289 g/mol. The Labute approximate surface area is 125 Å². The van der Waals surface area contributed by atoms with Crippen LogP contribution in [0.4, 0.5) is 0 Å². The van der Waals surface area contributed by atoms with Crippen molar-refractivity contribution in [2.24, 2.45) is 11.3 Å². The van der Waals surface area contributed by atoms with Crippen molar-refractivity contribution in [1.29, 1.82) is 0 Å². The summed E-state index contributed by atoms with van der Waals surface area (Å²) in [6, 6.07) is 10.1. The summed E-state index contributed by atoms with van der Waals surface area (Å²) in [4.78, 5) is 23.3. The van der Waals surface area contributed by atoms with E-state index in [0.29, 0.717) is 32.2 Å². The van der Waals surface area contributed by atoms with Gasteiger partial charge in [0.15, 0.2) is 0 Å². The Bertz CT molecular complexity index is 490. The zero-order chi connectivity index (χ0) is 15.3. The Balaban J connectivity index is 1.74. The minimum absolute atomic E-state index is 0.0341. The lowest BCUT2D eigenvalue weighted by molar-refractivity contribution is -0.151. The lowest BCUT2D eigenvalue weighted by Gasteiger charge is -2.33. The van der Waals surface area contributed by atoms with E-state index in [4.69, 9.17) is 0 Å². The first-order valence-electron chi connectivity index (χ1n) is 7.56. The normalized spacial score (nSPS) is 25.3. The van der Waals surface area contributed by atoms with Crippen LogP contribution in [0, 0.1) is 11.3 Å². The van der Waals surface area contributed by atoms with Gasteiger partial charge >= 0.3 is 5.97 Å². The summed E-state index contributed by atoms with van der Waals surface area (Å²) in [7, 11) is 0. The van der Waals surface area contributed by atoms with Gasteiger partial charge in [0.2, 0.25) is 5.91 Å². The first-order valence-corrected chi connectivity index (χ1v) is 7.56. The van der Waals surface area contributed by atoms with E-state index in [0.717, 1.165) is 6.42 Å². The number of hydrogen-bond acceptors (Lipinski definition) is 2. The van der Waals surface area contributed by atoms with Gasteiger partial charge in [-0.05, 0) is 44.6 Å². The fraction of sp³-hybridized carbons (Fsp3) is 0.529. The minimum atomic E-state index is -0.745. The highest BCUT2D eigenvalue weighted by Gasteiger charge is 2.39. The van der Waals surface area contributed by atoms with Crippen molar-refractivity contribution in [1.82, 2.24) is 5.32 Å². The number of amides is 1. The molecule has 1 aliphatic carbocycles. The van der Waals surface area contributed by atoms with Gasteiger partial charge in [0.1, 0.15) is 0 Å². The summed E-state index contributed by atoms with van der Waals surface area (Å²) < 4.78 is 0. The molecule has 0 heterocycles. The van der Waals surface area contributed by atoms with Crippen LogP contribution in [0.3, 0.4) is 0 Å². The van der Waals surface area contributed by atoms with Gasteiger partial charge in [0, 0.05) is 12.5 Å². The molecule has 1 aliphatic rings. The quantitative estimate of drug-likeness (QED) is 0.875. The van der Waals surface area contributed by atoms with Crippen molar-refractivity contribution in [3.05, 3.63) is 35.9 Å². The summed E-state index contributed by atoms with van der Waals surface area (Å²) in [6.45, 7) is 2.41. The van der Waals surface area contributed by atoms with Crippen LogP contribution in [-0.2, 0) is 16.0 Å². The molecule has 0 aromatic heterocycles. The molecular formula is C17H23NO3. The van der Waals surface area contributed by atoms with Gasteiger partial charge in [0.25, 0.3) is 0 Å². The van der Waals surface area contributed by atoms with Crippen molar-refractivity contribution >= 4 is 11.9 Å². The summed E-state index contributed by atoms with van der Waals surface area (Å²) >= 11 is 0. The highest BCUT2D eigenvalue weighted by atomic mass is 16.4. The number of benzene rings is 1. The summed E-state index contributed by atoms with van der Waals surface area (Å²) in [5, 5.41) is 12.2. The van der Waals surface area contributed by atoms with E-state index in [9.17, 15) is 14.7 Å². The number of carbonyl (C=O) groups is 2. The molecule has 0 bridgehead atoms. The van der Waals surface area contributed by atoms with Gasteiger partial charge in [0.05, 0.1) is 5.41 Å². The Morgan fingerprint density at radius 1 is 1.24 bits per heavy atom. The topological polar surface area (TPSA) is 66.4 Å². The molecule has 1 fully saturated rings. The van der Waals surface area contributed by atoms with Crippen LogP contribution in [0.25, 0.3) is 0 Å². The van der Waals surface area contributed by atoms with Crippen LogP contribution in [0.2, 0.25) is 0 Å². The summed E-state index contributed by atoms with van der Waals surface area (Å²) in [5.74, 6) is -0.711. The molecule has 2 N–H and O–H groups in total. The molecule has 0 spiro atoms. The first-order chi connectivity index (χ1) is 10.0. The van der Waals surface area contributed by atoms with E-state index in [1.165, 1.54) is 5.56 Å². The average Bonchev–Trinajstić information content (AvgIpc) is 2.49. The second-order valence-corrected chi connectivity index (χ2v) is 6.17. The minimum Gasteiger partial charge on any atom is -0.481 e. The zero-order valence-corrected chi connectivity index (χ0v) is 12.5. The average molecular weight is 289 g/mol. The smallest absolute Gasteiger partial charge is 0.309 e. The molecule has 0 atom stereocenters. The molecule has 1 amide bonds. The summed E-state index contributed by atoms with van der Waals surface area (Å²) in [6.07, 6.45) is 3.32. The molecule has 1 aromatic rings. The van der Waals surface area contributed by atoms with Gasteiger partial charge < -0.3 is 10.4 Å². The van der Waals surface area contributed by atoms with E-state index >= 15 is 0 Å². The Kier molecular flexibility index (Phi) is 4.99. The van der Waals surface area contributed by atoms with Crippen LogP contribution in [0.5, 0.6) is 0 Å². The number of carbonyl (C=O) groups excluding carboxylic acids is 1. The van der Waals surface area contributed by atoms with Crippen molar-refractivity contribution in [3.8, 4) is 0 Å². The van der Waals surface area contributed by atoms with Crippen molar-refractivity contribution in [2.75, 3.05) is 6.54 Å². The van der Waals surface area contributed by atoms with Crippen LogP contribution >= 0.6 is 0 Å². The third-order valence-electron chi connectivity index (χ3n) is 4.53. The SMILES string of the molecule is CC1(C(=O)O)CCC(C(=O)NCCc2ccccc2)CC1. The second-order valence-electron chi connectivity index (χ2n) is 6.17. The molecule has 114 valence electrons. The maximum absolute atomic E-state index is 12.1. The molecule has 1 saturated carbocycles. The van der Waals surface area contributed by atoms with E-state index in [1.807, 2.05) is 30.3 Å². The number of carboxylic acid groups (broad SMARTS) is 1. The standard InChI is InChI=1S/C17H23NO3/c1-17(16(20)21)10-7-14(8-11-17)15(19)18-12-9-13-5-3-2-4-6-13/h2-6,14H,7-12H2,1H3,(H,18,19)(H,20,21). The molecule has 4 heteroatoms. The Morgan fingerprint density at radius 2 is 1.86 bits per heavy atom. The third-order valence-corrected chi connectivity index (χ3v) is 4.53. The maximum Gasteiger partial charge on any atom is 0.309 e. The second kappa shape index (κ2) is 6.74. The van der Waals surface area contributed by atoms with Gasteiger partial charge in [-0.1, -0.05) is 30.3 Å². The highest BCUT2D eigenvalue weighted by molar-refractivity contribution is 5.80. The molecule has 0 radical (unpaired) electrons. The van der Waals surface area contributed by atoms with Crippen LogP contribution < -0.4 is 5.32 Å². The van der Waals surface area contributed by atoms with Crippen molar-refractivity contribution in [2.45, 2.75) is 39.0 Å². The highest BCUT2D eigenvalue weighted by Crippen LogP contribution is 2.38. The van der Waals surface area contributed by atoms with Crippen LogP contribution in [-0.4, -0.2) is 23.5 Å². The number of nitrogens with one attached hydrogen (secondary N) is 1. The van der Waals surface area contributed by atoms with Crippen LogP contribution in [0.1, 0.15) is 38.2 Å². The predicted molar refractivity (Wildman–Crippen MR) is 80.9 cm³/mol. The third kappa shape index (κ3) is 4.06. The predicted octanol–water partition coefficient (Wildman–Crippen LogP) is 2.63. The Morgan fingerprint density at radius 3 is 2.43 bits per heavy atom. The molecule has 0 unspecified atom stereocenters. The molecule has 0 aliphatic heterocycles. The van der Waals surface area contributed by atoms with Crippen LogP contribution in [0.15, 0.2) is 30.3 Å². The number of aliphatic carboxylic acids is 1. The molecule has 21 heavy (non-hydrogen) atoms. The zero-order valence-electron chi connectivity index (χ0n) is 12.5.